The maximum absolute atomic E-state index is 11.0. The number of aliphatic carboxylic acids is 1. The Hall–Kier alpha value is -2.03. The summed E-state index contributed by atoms with van der Waals surface area (Å²) >= 11 is 12.7. The lowest BCUT2D eigenvalue weighted by atomic mass is 9.88. The first-order valence-corrected chi connectivity index (χ1v) is 14.7. The molecule has 2 aliphatic rings. The summed E-state index contributed by atoms with van der Waals surface area (Å²) < 4.78 is 5.89. The lowest BCUT2D eigenvalue weighted by Gasteiger charge is -2.30. The number of likely N-dealkylation sites (tertiary alicyclic amines) is 1. The summed E-state index contributed by atoms with van der Waals surface area (Å²) in [6.07, 6.45) is 8.15. The van der Waals surface area contributed by atoms with Gasteiger partial charge in [-0.25, -0.2) is 0 Å². The molecule has 3 aromatic rings. The van der Waals surface area contributed by atoms with Crippen LogP contribution >= 0.6 is 60.4 Å². The Labute approximate surface area is 282 Å². The molecular formula is C32H38Cl5N3O3. The average Bonchev–Trinajstić information content (AvgIpc) is 3.11. The number of aromatic nitrogens is 1. The number of nitrogens with zero attached hydrogens (tertiary/aromatic N) is 2. The highest BCUT2D eigenvalue weighted by Gasteiger charge is 2.25. The van der Waals surface area contributed by atoms with Gasteiger partial charge in [-0.05, 0) is 104 Å². The van der Waals surface area contributed by atoms with E-state index < -0.39 is 12.0 Å². The first-order valence-electron chi connectivity index (χ1n) is 14.0. The highest BCUT2D eigenvalue weighted by Crippen LogP contribution is 2.38. The van der Waals surface area contributed by atoms with Gasteiger partial charge in [0.15, 0.2) is 0 Å². The molecule has 3 N–H and O–H groups in total. The number of aryl methyl sites for hydroxylation is 2. The molecule has 1 atom stereocenters. The van der Waals surface area contributed by atoms with Gasteiger partial charge in [0.25, 0.3) is 0 Å². The van der Waals surface area contributed by atoms with Crippen molar-refractivity contribution in [3.05, 3.63) is 98.3 Å². The van der Waals surface area contributed by atoms with Gasteiger partial charge >= 0.3 is 5.97 Å². The topological polar surface area (TPSA) is 88.7 Å². The number of benzene rings is 2. The Morgan fingerprint density at radius 2 is 1.72 bits per heavy atom. The van der Waals surface area contributed by atoms with Crippen molar-refractivity contribution in [3.63, 3.8) is 0 Å². The predicted molar refractivity (Wildman–Crippen MR) is 182 cm³/mol. The zero-order valence-corrected chi connectivity index (χ0v) is 27.7. The molecule has 11 heteroatoms. The lowest BCUT2D eigenvalue weighted by Crippen LogP contribution is -2.32. The van der Waals surface area contributed by atoms with E-state index in [9.17, 15) is 4.79 Å². The molecule has 0 radical (unpaired) electrons. The van der Waals surface area contributed by atoms with E-state index in [0.717, 1.165) is 74.4 Å². The van der Waals surface area contributed by atoms with E-state index in [-0.39, 0.29) is 43.6 Å². The molecule has 2 aromatic carbocycles. The monoisotopic (exact) mass is 687 g/mol. The van der Waals surface area contributed by atoms with Crippen LogP contribution in [0, 0.1) is 0 Å². The van der Waals surface area contributed by atoms with Gasteiger partial charge in [0.2, 0.25) is 0 Å². The van der Waals surface area contributed by atoms with Gasteiger partial charge in [-0.3, -0.25) is 9.78 Å². The first-order chi connectivity index (χ1) is 19.4. The standard InChI is InChI=1S/C32H35Cl2N3O3.3ClH/c33-25-8-9-26-24(20-25)7-6-23-4-3-13-36-31(23)30(26)22-11-15-37(16-12-22)14-1-2-17-40-29-10-5-21(18-27(29)34)19-28(35)32(38)39;;;/h3-5,8-10,13,18,20,28H,1-2,6-7,11-12,14-17,19,35H2,(H,38,39);3*1H. The third-order valence-corrected chi connectivity index (χ3v) is 8.37. The number of nitrogens with two attached hydrogens (primary N) is 1. The van der Waals surface area contributed by atoms with E-state index in [0.29, 0.717) is 17.4 Å². The number of piperidine rings is 1. The number of hydrogen-bond acceptors (Lipinski definition) is 5. The second-order valence-corrected chi connectivity index (χ2v) is 11.4. The van der Waals surface area contributed by atoms with Gasteiger partial charge in [-0.1, -0.05) is 47.0 Å². The SMILES string of the molecule is Cl.Cl.Cl.NC(Cc1ccc(OCCCCN2CCC(=C3c4ccc(Cl)cc4CCc4cccnc43)CC2)c(Cl)c1)C(=O)O. The predicted octanol–water partition coefficient (Wildman–Crippen LogP) is 7.46. The van der Waals surface area contributed by atoms with Crippen molar-refractivity contribution >= 4 is 72.0 Å². The second-order valence-electron chi connectivity index (χ2n) is 10.6. The second kappa shape index (κ2) is 17.5. The van der Waals surface area contributed by atoms with Crippen molar-refractivity contribution in [1.82, 2.24) is 9.88 Å². The number of pyridine rings is 1. The molecule has 1 aliphatic heterocycles. The summed E-state index contributed by atoms with van der Waals surface area (Å²) in [5, 5.41) is 10.3. The van der Waals surface area contributed by atoms with Crippen LogP contribution in [0.4, 0.5) is 0 Å². The minimum atomic E-state index is -1.03. The molecule has 1 unspecified atom stereocenters. The minimum Gasteiger partial charge on any atom is -0.492 e. The number of fused-ring (bicyclic) bond motifs is 2. The molecule has 1 aromatic heterocycles. The quantitative estimate of drug-likeness (QED) is 0.227. The van der Waals surface area contributed by atoms with Crippen molar-refractivity contribution in [1.29, 1.82) is 0 Å². The third kappa shape index (κ3) is 9.48. The number of unbranched alkanes of at least 4 members (excludes halogenated alkanes) is 1. The van der Waals surface area contributed by atoms with Crippen LogP contribution in [0.5, 0.6) is 5.75 Å². The third-order valence-electron chi connectivity index (χ3n) is 7.84. The van der Waals surface area contributed by atoms with Crippen LogP contribution in [0.3, 0.4) is 0 Å². The Balaban J connectivity index is 0.00000215. The van der Waals surface area contributed by atoms with Crippen LogP contribution in [-0.4, -0.2) is 53.2 Å². The number of rotatable bonds is 9. The van der Waals surface area contributed by atoms with Crippen LogP contribution in [0.25, 0.3) is 5.57 Å². The maximum atomic E-state index is 11.0. The number of ether oxygens (including phenoxy) is 1. The summed E-state index contributed by atoms with van der Waals surface area (Å²) in [5.74, 6) is -0.414. The molecule has 5 rings (SSSR count). The van der Waals surface area contributed by atoms with E-state index in [2.05, 4.69) is 23.1 Å². The molecule has 6 nitrogen and oxygen atoms in total. The summed E-state index contributed by atoms with van der Waals surface area (Å²) in [4.78, 5) is 18.4. The number of halogens is 5. The molecule has 1 saturated heterocycles. The highest BCUT2D eigenvalue weighted by atomic mass is 35.5. The van der Waals surface area contributed by atoms with E-state index in [1.807, 2.05) is 24.4 Å². The molecule has 2 heterocycles. The number of hydrogen-bond donors (Lipinski definition) is 2. The molecule has 0 saturated carbocycles. The van der Waals surface area contributed by atoms with Crippen LogP contribution < -0.4 is 10.5 Å². The van der Waals surface area contributed by atoms with Crippen LogP contribution in [0.15, 0.2) is 60.3 Å². The van der Waals surface area contributed by atoms with Gasteiger partial charge in [0, 0.05) is 29.9 Å². The molecule has 0 spiro atoms. The van der Waals surface area contributed by atoms with Gasteiger partial charge in [-0.2, -0.15) is 0 Å². The fourth-order valence-corrected chi connectivity index (χ4v) is 6.13. The van der Waals surface area contributed by atoms with E-state index in [1.165, 1.54) is 27.8 Å². The smallest absolute Gasteiger partial charge is 0.320 e. The molecule has 234 valence electrons. The maximum Gasteiger partial charge on any atom is 0.320 e. The van der Waals surface area contributed by atoms with Crippen molar-refractivity contribution in [2.75, 3.05) is 26.2 Å². The zero-order valence-electron chi connectivity index (χ0n) is 23.8. The largest absolute Gasteiger partial charge is 0.492 e. The molecular weight excluding hydrogens is 652 g/mol. The van der Waals surface area contributed by atoms with Crippen LogP contribution in [-0.2, 0) is 24.1 Å². The fraction of sp³-hybridized carbons (Fsp3) is 0.375. The van der Waals surface area contributed by atoms with Gasteiger partial charge < -0.3 is 20.5 Å². The molecule has 1 aliphatic carbocycles. The van der Waals surface area contributed by atoms with Crippen LogP contribution in [0.1, 0.15) is 53.6 Å². The molecule has 0 amide bonds. The van der Waals surface area contributed by atoms with Gasteiger partial charge in [0.1, 0.15) is 11.8 Å². The fourth-order valence-electron chi connectivity index (χ4n) is 5.68. The Morgan fingerprint density at radius 1 is 0.977 bits per heavy atom. The molecule has 43 heavy (non-hydrogen) atoms. The van der Waals surface area contributed by atoms with Gasteiger partial charge in [0.05, 0.1) is 17.3 Å². The summed E-state index contributed by atoms with van der Waals surface area (Å²) in [5.41, 5.74) is 14.3. The lowest BCUT2D eigenvalue weighted by molar-refractivity contribution is -0.138. The zero-order chi connectivity index (χ0) is 28.1. The van der Waals surface area contributed by atoms with Crippen molar-refractivity contribution in [3.8, 4) is 5.75 Å². The summed E-state index contributed by atoms with van der Waals surface area (Å²) in [6, 6.07) is 15.0. The average molecular weight is 690 g/mol. The number of carboxylic acids is 1. The minimum absolute atomic E-state index is 0. The van der Waals surface area contributed by atoms with E-state index in [4.69, 9.17) is 43.8 Å². The number of carbonyl (C=O) groups is 1. The summed E-state index contributed by atoms with van der Waals surface area (Å²) in [6.45, 7) is 3.69. The summed E-state index contributed by atoms with van der Waals surface area (Å²) in [7, 11) is 0. The normalized spacial score (nSPS) is 15.0. The molecule has 0 bridgehead atoms. The Kier molecular flexibility index (Phi) is 15.1. The van der Waals surface area contributed by atoms with Crippen molar-refractivity contribution in [2.45, 2.75) is 51.0 Å². The van der Waals surface area contributed by atoms with Crippen molar-refractivity contribution in [2.24, 2.45) is 5.73 Å². The first kappa shape index (κ1) is 37.2. The van der Waals surface area contributed by atoms with Crippen LogP contribution in [0.2, 0.25) is 10.0 Å². The highest BCUT2D eigenvalue weighted by molar-refractivity contribution is 6.32. The Morgan fingerprint density at radius 3 is 2.44 bits per heavy atom. The molecule has 1 fully saturated rings. The van der Waals surface area contributed by atoms with Crippen molar-refractivity contribution < 1.29 is 14.6 Å². The Bertz CT molecular complexity index is 1410. The van der Waals surface area contributed by atoms with Gasteiger partial charge in [-0.15, -0.1) is 37.2 Å². The van der Waals surface area contributed by atoms with E-state index in [1.54, 1.807) is 12.1 Å². The number of carboxylic acid groups (broad SMARTS) is 1. The van der Waals surface area contributed by atoms with E-state index >= 15 is 0 Å².